The molecule has 0 bridgehead atoms. The van der Waals surface area contributed by atoms with Crippen LogP contribution in [0.3, 0.4) is 0 Å². The standard InChI is InChI=1S/C24H27N3O2S/c1-19(21-12-6-3-7-13-21)26-30(28,29)17-16-23-22-14-8-9-15-24(22)27(25-23)18-20-10-4-2-5-11-20/h2-7,10-13,16-17,19,26H,8-9,14-15,18H2,1H3/t19-/m1/s1. The summed E-state index contributed by atoms with van der Waals surface area (Å²) in [7, 11) is -3.58. The Kier molecular flexibility index (Phi) is 6.16. The molecule has 0 fully saturated rings. The largest absolute Gasteiger partial charge is 0.264 e. The number of nitrogens with one attached hydrogen (secondary N) is 1. The van der Waals surface area contributed by atoms with E-state index in [2.05, 4.69) is 16.9 Å². The van der Waals surface area contributed by atoms with Crippen molar-refractivity contribution in [1.29, 1.82) is 0 Å². The molecular weight excluding hydrogens is 394 g/mol. The molecule has 5 nitrogen and oxygen atoms in total. The van der Waals surface area contributed by atoms with Gasteiger partial charge in [-0.1, -0.05) is 60.7 Å². The molecule has 0 spiro atoms. The second kappa shape index (κ2) is 8.98. The summed E-state index contributed by atoms with van der Waals surface area (Å²) in [4.78, 5) is 0. The van der Waals surface area contributed by atoms with Gasteiger partial charge in [0, 0.05) is 22.7 Å². The van der Waals surface area contributed by atoms with Crippen LogP contribution in [0, 0.1) is 0 Å². The quantitative estimate of drug-likeness (QED) is 0.612. The van der Waals surface area contributed by atoms with E-state index in [4.69, 9.17) is 5.10 Å². The van der Waals surface area contributed by atoms with Crippen molar-refractivity contribution in [2.24, 2.45) is 0 Å². The predicted molar refractivity (Wildman–Crippen MR) is 120 cm³/mol. The topological polar surface area (TPSA) is 64.0 Å². The lowest BCUT2D eigenvalue weighted by Crippen LogP contribution is -2.24. The third kappa shape index (κ3) is 4.89. The first-order valence-corrected chi connectivity index (χ1v) is 11.9. The average molecular weight is 422 g/mol. The molecule has 1 aliphatic carbocycles. The lowest BCUT2D eigenvalue weighted by atomic mass is 9.95. The van der Waals surface area contributed by atoms with Gasteiger partial charge in [0.1, 0.15) is 0 Å². The highest BCUT2D eigenvalue weighted by atomic mass is 32.2. The lowest BCUT2D eigenvalue weighted by Gasteiger charge is -2.14. The number of aromatic nitrogens is 2. The van der Waals surface area contributed by atoms with E-state index in [0.29, 0.717) is 6.54 Å². The van der Waals surface area contributed by atoms with E-state index < -0.39 is 10.0 Å². The minimum atomic E-state index is -3.58. The number of hydrogen-bond acceptors (Lipinski definition) is 3. The van der Waals surface area contributed by atoms with Crippen molar-refractivity contribution in [1.82, 2.24) is 14.5 Å². The van der Waals surface area contributed by atoms with Crippen LogP contribution >= 0.6 is 0 Å². The fraction of sp³-hybridized carbons (Fsp3) is 0.292. The first-order valence-electron chi connectivity index (χ1n) is 10.4. The second-order valence-corrected chi connectivity index (χ2v) is 9.36. The van der Waals surface area contributed by atoms with Crippen LogP contribution in [-0.4, -0.2) is 18.2 Å². The van der Waals surface area contributed by atoms with Crippen LogP contribution in [0.1, 0.15) is 53.9 Å². The fourth-order valence-electron chi connectivity index (χ4n) is 3.97. The van der Waals surface area contributed by atoms with E-state index in [1.165, 1.54) is 22.2 Å². The summed E-state index contributed by atoms with van der Waals surface area (Å²) in [5.41, 5.74) is 5.29. The Morgan fingerprint density at radius 3 is 2.43 bits per heavy atom. The molecule has 6 heteroatoms. The van der Waals surface area contributed by atoms with Gasteiger partial charge in [0.05, 0.1) is 12.2 Å². The van der Waals surface area contributed by atoms with E-state index in [9.17, 15) is 8.42 Å². The summed E-state index contributed by atoms with van der Waals surface area (Å²) in [6, 6.07) is 19.5. The van der Waals surface area contributed by atoms with Gasteiger partial charge in [0.2, 0.25) is 10.0 Å². The van der Waals surface area contributed by atoms with Crippen molar-refractivity contribution in [2.75, 3.05) is 0 Å². The maximum absolute atomic E-state index is 12.6. The zero-order chi connectivity index (χ0) is 21.0. The summed E-state index contributed by atoms with van der Waals surface area (Å²) in [6.45, 7) is 2.55. The van der Waals surface area contributed by atoms with Crippen LogP contribution in [-0.2, 0) is 29.4 Å². The van der Waals surface area contributed by atoms with Crippen molar-refractivity contribution in [3.63, 3.8) is 0 Å². The van der Waals surface area contributed by atoms with Crippen molar-refractivity contribution >= 4 is 16.1 Å². The van der Waals surface area contributed by atoms with Crippen molar-refractivity contribution in [3.8, 4) is 0 Å². The molecule has 1 N–H and O–H groups in total. The molecule has 1 aliphatic rings. The SMILES string of the molecule is C[C@@H](NS(=O)(=O)C=Cc1nn(Cc2ccccc2)c2c1CCCC2)c1ccccc1. The van der Waals surface area contributed by atoms with Gasteiger partial charge < -0.3 is 0 Å². The molecule has 156 valence electrons. The van der Waals surface area contributed by atoms with Crippen molar-refractivity contribution in [2.45, 2.75) is 45.2 Å². The molecule has 0 saturated heterocycles. The molecule has 3 aromatic rings. The molecule has 0 unspecified atom stereocenters. The van der Waals surface area contributed by atoms with E-state index in [-0.39, 0.29) is 6.04 Å². The molecule has 2 aromatic carbocycles. The maximum Gasteiger partial charge on any atom is 0.234 e. The smallest absolute Gasteiger partial charge is 0.234 e. The van der Waals surface area contributed by atoms with Gasteiger partial charge in [-0.05, 0) is 49.8 Å². The number of fused-ring (bicyclic) bond motifs is 1. The Morgan fingerprint density at radius 1 is 1.03 bits per heavy atom. The van der Waals surface area contributed by atoms with Crippen LogP contribution in [0.5, 0.6) is 0 Å². The summed E-state index contributed by atoms with van der Waals surface area (Å²) >= 11 is 0. The van der Waals surface area contributed by atoms with Gasteiger partial charge in [-0.15, -0.1) is 0 Å². The van der Waals surface area contributed by atoms with Gasteiger partial charge in [0.15, 0.2) is 0 Å². The van der Waals surface area contributed by atoms with E-state index in [1.807, 2.05) is 60.1 Å². The zero-order valence-electron chi connectivity index (χ0n) is 17.2. The van der Waals surface area contributed by atoms with Crippen LogP contribution in [0.4, 0.5) is 0 Å². The Morgan fingerprint density at radius 2 is 1.70 bits per heavy atom. The third-order valence-electron chi connectivity index (χ3n) is 5.51. The van der Waals surface area contributed by atoms with Gasteiger partial charge in [-0.3, -0.25) is 4.68 Å². The molecule has 1 heterocycles. The first-order chi connectivity index (χ1) is 14.5. The Balaban J connectivity index is 1.55. The van der Waals surface area contributed by atoms with Crippen LogP contribution in [0.15, 0.2) is 66.1 Å². The van der Waals surface area contributed by atoms with E-state index >= 15 is 0 Å². The monoisotopic (exact) mass is 421 g/mol. The van der Waals surface area contributed by atoms with Crippen LogP contribution in [0.2, 0.25) is 0 Å². The highest BCUT2D eigenvalue weighted by Crippen LogP contribution is 2.26. The van der Waals surface area contributed by atoms with Gasteiger partial charge >= 0.3 is 0 Å². The highest BCUT2D eigenvalue weighted by Gasteiger charge is 2.20. The van der Waals surface area contributed by atoms with Gasteiger partial charge in [-0.2, -0.15) is 5.10 Å². The van der Waals surface area contributed by atoms with Gasteiger partial charge in [0.25, 0.3) is 0 Å². The Labute approximate surface area is 178 Å². The number of hydrogen-bond donors (Lipinski definition) is 1. The van der Waals surface area contributed by atoms with E-state index in [0.717, 1.165) is 36.9 Å². The second-order valence-electron chi connectivity index (χ2n) is 7.76. The van der Waals surface area contributed by atoms with Crippen molar-refractivity contribution in [3.05, 3.63) is 94.1 Å². The molecule has 0 aliphatic heterocycles. The molecular formula is C24H27N3O2S. The van der Waals surface area contributed by atoms with Gasteiger partial charge in [-0.25, -0.2) is 13.1 Å². The molecule has 0 amide bonds. The normalized spacial score (nSPS) is 15.2. The summed E-state index contributed by atoms with van der Waals surface area (Å²) < 4.78 is 30.0. The maximum atomic E-state index is 12.6. The zero-order valence-corrected chi connectivity index (χ0v) is 18.0. The molecule has 1 atom stereocenters. The number of sulfonamides is 1. The minimum Gasteiger partial charge on any atom is -0.264 e. The molecule has 0 radical (unpaired) electrons. The van der Waals surface area contributed by atoms with E-state index in [1.54, 1.807) is 6.08 Å². The summed E-state index contributed by atoms with van der Waals surface area (Å²) in [5, 5.41) is 6.01. The fourth-order valence-corrected chi connectivity index (χ4v) is 4.99. The number of benzene rings is 2. The predicted octanol–water partition coefficient (Wildman–Crippen LogP) is 4.46. The minimum absolute atomic E-state index is 0.301. The van der Waals surface area contributed by atoms with Crippen LogP contribution < -0.4 is 4.72 Å². The third-order valence-corrected chi connectivity index (χ3v) is 6.69. The molecule has 1 aromatic heterocycles. The molecule has 4 rings (SSSR count). The Bertz CT molecular complexity index is 1120. The van der Waals surface area contributed by atoms with Crippen LogP contribution in [0.25, 0.3) is 6.08 Å². The molecule has 30 heavy (non-hydrogen) atoms. The number of nitrogens with zero attached hydrogens (tertiary/aromatic N) is 2. The van der Waals surface area contributed by atoms with Crippen molar-refractivity contribution < 1.29 is 8.42 Å². The highest BCUT2D eigenvalue weighted by molar-refractivity contribution is 7.92. The molecule has 0 saturated carbocycles. The lowest BCUT2D eigenvalue weighted by molar-refractivity contribution is 0.576. The summed E-state index contributed by atoms with van der Waals surface area (Å²) in [5.74, 6) is 0. The average Bonchev–Trinajstić information content (AvgIpc) is 3.11. The number of rotatable bonds is 7. The first kappa shape index (κ1) is 20.6. The Hall–Kier alpha value is -2.70. The summed E-state index contributed by atoms with van der Waals surface area (Å²) in [6.07, 6.45) is 5.83.